The molecule has 1 saturated heterocycles. The third-order valence-electron chi connectivity index (χ3n) is 4.16. The fourth-order valence-corrected chi connectivity index (χ4v) is 4.50. The van der Waals surface area contributed by atoms with Gasteiger partial charge in [-0.3, -0.25) is 4.99 Å². The van der Waals surface area contributed by atoms with Crippen molar-refractivity contribution in [2.24, 2.45) is 10.9 Å². The largest absolute Gasteiger partial charge is 0.356 e. The number of aliphatic imine (C=N–C) groups is 1. The van der Waals surface area contributed by atoms with Gasteiger partial charge in [0, 0.05) is 13.6 Å². The highest BCUT2D eigenvalue weighted by atomic mass is 127. The summed E-state index contributed by atoms with van der Waals surface area (Å²) in [6.45, 7) is 4.22. The van der Waals surface area contributed by atoms with Crippen molar-refractivity contribution in [1.82, 2.24) is 10.6 Å². The molecule has 0 saturated carbocycles. The van der Waals surface area contributed by atoms with E-state index in [-0.39, 0.29) is 53.3 Å². The third-order valence-corrected chi connectivity index (χ3v) is 5.99. The second kappa shape index (κ2) is 8.98. The number of sulfone groups is 1. The lowest BCUT2D eigenvalue weighted by atomic mass is 10.1. The highest BCUT2D eigenvalue weighted by Crippen LogP contribution is 2.18. The van der Waals surface area contributed by atoms with Crippen LogP contribution in [-0.4, -0.2) is 39.5 Å². The molecule has 0 amide bonds. The summed E-state index contributed by atoms with van der Waals surface area (Å²) in [6, 6.07) is 5.04. The number of benzene rings is 1. The molecule has 24 heavy (non-hydrogen) atoms. The first kappa shape index (κ1) is 21.1. The van der Waals surface area contributed by atoms with Crippen LogP contribution in [0, 0.1) is 18.7 Å². The van der Waals surface area contributed by atoms with E-state index in [1.807, 2.05) is 13.0 Å². The first-order chi connectivity index (χ1) is 10.8. The van der Waals surface area contributed by atoms with E-state index in [0.29, 0.717) is 24.5 Å². The number of hydrogen-bond acceptors (Lipinski definition) is 3. The van der Waals surface area contributed by atoms with Crippen LogP contribution in [0.4, 0.5) is 4.39 Å². The van der Waals surface area contributed by atoms with E-state index in [2.05, 4.69) is 15.6 Å². The van der Waals surface area contributed by atoms with E-state index >= 15 is 0 Å². The van der Waals surface area contributed by atoms with E-state index in [1.54, 1.807) is 20.0 Å². The molecule has 1 aromatic carbocycles. The van der Waals surface area contributed by atoms with Crippen LogP contribution >= 0.6 is 24.0 Å². The number of guanidine groups is 1. The summed E-state index contributed by atoms with van der Waals surface area (Å²) in [5, 5.41) is 6.35. The molecule has 1 heterocycles. The molecule has 2 atom stereocenters. The fraction of sp³-hybridized carbons (Fsp3) is 0.562. The Morgan fingerprint density at radius 1 is 1.46 bits per heavy atom. The Kier molecular flexibility index (Phi) is 7.91. The molecular weight excluding hydrogens is 444 g/mol. The van der Waals surface area contributed by atoms with Gasteiger partial charge in [-0.05, 0) is 43.4 Å². The number of halogens is 2. The van der Waals surface area contributed by atoms with Crippen molar-refractivity contribution in [3.05, 3.63) is 35.1 Å². The standard InChI is InChI=1S/C16H24FN3O2S.HI/c1-11-4-5-14(8-15(11)17)12(2)20-16(18-3)19-9-13-6-7-23(21,22)10-13;/h4-5,8,12-13H,6-7,9-10H2,1-3H3,(H2,18,19,20);1H. The van der Waals surface area contributed by atoms with Gasteiger partial charge in [0.15, 0.2) is 15.8 Å². The van der Waals surface area contributed by atoms with Crippen molar-refractivity contribution in [2.45, 2.75) is 26.3 Å². The maximum Gasteiger partial charge on any atom is 0.191 e. The molecule has 0 bridgehead atoms. The van der Waals surface area contributed by atoms with Gasteiger partial charge in [-0.2, -0.15) is 0 Å². The second-order valence-electron chi connectivity index (χ2n) is 6.10. The zero-order valence-corrected chi connectivity index (χ0v) is 17.3. The molecule has 8 heteroatoms. The van der Waals surface area contributed by atoms with Crippen molar-refractivity contribution < 1.29 is 12.8 Å². The average molecular weight is 469 g/mol. The summed E-state index contributed by atoms with van der Waals surface area (Å²) in [7, 11) is -1.21. The number of rotatable bonds is 4. The Labute approximate surface area is 160 Å². The van der Waals surface area contributed by atoms with Gasteiger partial charge in [0.05, 0.1) is 17.5 Å². The Balaban J connectivity index is 0.00000288. The van der Waals surface area contributed by atoms with Gasteiger partial charge < -0.3 is 10.6 Å². The Hall–Kier alpha value is -0.900. The van der Waals surface area contributed by atoms with Gasteiger partial charge in [-0.25, -0.2) is 12.8 Å². The lowest BCUT2D eigenvalue weighted by Gasteiger charge is -2.20. The van der Waals surface area contributed by atoms with E-state index in [4.69, 9.17) is 0 Å². The van der Waals surface area contributed by atoms with E-state index in [9.17, 15) is 12.8 Å². The Bertz CT molecular complexity index is 695. The van der Waals surface area contributed by atoms with Crippen molar-refractivity contribution in [3.8, 4) is 0 Å². The predicted molar refractivity (Wildman–Crippen MR) is 106 cm³/mol. The lowest BCUT2D eigenvalue weighted by molar-refractivity contribution is 0.561. The molecule has 2 rings (SSSR count). The molecule has 1 aliphatic heterocycles. The number of nitrogens with one attached hydrogen (secondary N) is 2. The van der Waals surface area contributed by atoms with Crippen molar-refractivity contribution in [1.29, 1.82) is 0 Å². The molecule has 1 aliphatic rings. The zero-order chi connectivity index (χ0) is 17.0. The summed E-state index contributed by atoms with van der Waals surface area (Å²) < 4.78 is 36.6. The number of nitrogens with zero attached hydrogens (tertiary/aromatic N) is 1. The van der Waals surface area contributed by atoms with Crippen LogP contribution in [0.2, 0.25) is 0 Å². The van der Waals surface area contributed by atoms with Crippen LogP contribution < -0.4 is 10.6 Å². The molecule has 0 aromatic heterocycles. The van der Waals surface area contributed by atoms with E-state index < -0.39 is 9.84 Å². The minimum Gasteiger partial charge on any atom is -0.356 e. The highest BCUT2D eigenvalue weighted by molar-refractivity contribution is 14.0. The van der Waals surface area contributed by atoms with Gasteiger partial charge in [0.25, 0.3) is 0 Å². The summed E-state index contributed by atoms with van der Waals surface area (Å²) in [5.41, 5.74) is 1.45. The Morgan fingerprint density at radius 3 is 2.71 bits per heavy atom. The van der Waals surface area contributed by atoms with Crippen LogP contribution in [0.1, 0.15) is 30.5 Å². The zero-order valence-electron chi connectivity index (χ0n) is 14.2. The minimum absolute atomic E-state index is 0. The fourth-order valence-electron chi connectivity index (χ4n) is 2.64. The van der Waals surface area contributed by atoms with Gasteiger partial charge in [0.2, 0.25) is 0 Å². The molecule has 2 unspecified atom stereocenters. The molecule has 0 radical (unpaired) electrons. The Morgan fingerprint density at radius 2 is 2.17 bits per heavy atom. The minimum atomic E-state index is -2.87. The average Bonchev–Trinajstić information content (AvgIpc) is 2.85. The van der Waals surface area contributed by atoms with E-state index in [1.165, 1.54) is 6.07 Å². The molecular formula is C16H25FIN3O2S. The van der Waals surface area contributed by atoms with Crippen molar-refractivity contribution in [2.75, 3.05) is 25.1 Å². The van der Waals surface area contributed by atoms with Crippen LogP contribution in [0.3, 0.4) is 0 Å². The predicted octanol–water partition coefficient (Wildman–Crippen LogP) is 2.41. The van der Waals surface area contributed by atoms with Gasteiger partial charge >= 0.3 is 0 Å². The molecule has 136 valence electrons. The van der Waals surface area contributed by atoms with Gasteiger partial charge in [0.1, 0.15) is 5.82 Å². The highest BCUT2D eigenvalue weighted by Gasteiger charge is 2.27. The molecule has 2 N–H and O–H groups in total. The molecule has 5 nitrogen and oxygen atoms in total. The summed E-state index contributed by atoms with van der Waals surface area (Å²) in [5.74, 6) is 0.976. The topological polar surface area (TPSA) is 70.6 Å². The quantitative estimate of drug-likeness (QED) is 0.404. The molecule has 0 aliphatic carbocycles. The molecule has 1 fully saturated rings. The smallest absolute Gasteiger partial charge is 0.191 e. The van der Waals surface area contributed by atoms with Crippen LogP contribution in [0.5, 0.6) is 0 Å². The first-order valence-corrected chi connectivity index (χ1v) is 9.56. The SMILES string of the molecule is CN=C(NCC1CCS(=O)(=O)C1)NC(C)c1ccc(C)c(F)c1.I. The van der Waals surface area contributed by atoms with Gasteiger partial charge in [-0.1, -0.05) is 12.1 Å². The number of aryl methyl sites for hydroxylation is 1. The van der Waals surface area contributed by atoms with Crippen molar-refractivity contribution >= 4 is 39.8 Å². The summed E-state index contributed by atoms with van der Waals surface area (Å²) in [6.07, 6.45) is 0.686. The lowest BCUT2D eigenvalue weighted by Crippen LogP contribution is -2.41. The van der Waals surface area contributed by atoms with Crippen LogP contribution in [-0.2, 0) is 9.84 Å². The molecule has 1 aromatic rings. The summed E-state index contributed by atoms with van der Waals surface area (Å²) in [4.78, 5) is 4.14. The maximum atomic E-state index is 13.7. The normalized spacial score (nSPS) is 21.0. The van der Waals surface area contributed by atoms with E-state index in [0.717, 1.165) is 5.56 Å². The van der Waals surface area contributed by atoms with Crippen LogP contribution in [0.15, 0.2) is 23.2 Å². The second-order valence-corrected chi connectivity index (χ2v) is 8.33. The number of hydrogen-bond donors (Lipinski definition) is 2. The molecule has 0 spiro atoms. The van der Waals surface area contributed by atoms with Crippen molar-refractivity contribution in [3.63, 3.8) is 0 Å². The maximum absolute atomic E-state index is 13.7. The first-order valence-electron chi connectivity index (χ1n) is 7.74. The van der Waals surface area contributed by atoms with Gasteiger partial charge in [-0.15, -0.1) is 24.0 Å². The van der Waals surface area contributed by atoms with Crippen LogP contribution in [0.25, 0.3) is 0 Å². The summed E-state index contributed by atoms with van der Waals surface area (Å²) >= 11 is 0. The monoisotopic (exact) mass is 469 g/mol. The third kappa shape index (κ3) is 5.87.